The van der Waals surface area contributed by atoms with Crippen LogP contribution in [0.25, 0.3) is 22.3 Å². The summed E-state index contributed by atoms with van der Waals surface area (Å²) in [6.45, 7) is 6.05. The summed E-state index contributed by atoms with van der Waals surface area (Å²) in [4.78, 5) is 17.2. The number of nitrogens with zero attached hydrogens (tertiary/aromatic N) is 5. The van der Waals surface area contributed by atoms with Crippen molar-refractivity contribution >= 4 is 17.1 Å². The third-order valence-corrected chi connectivity index (χ3v) is 4.46. The highest BCUT2D eigenvalue weighted by Gasteiger charge is 2.24. The van der Waals surface area contributed by atoms with Gasteiger partial charge in [0, 0.05) is 18.0 Å². The molecule has 8 nitrogen and oxygen atoms in total. The number of pyridine rings is 1. The molecule has 0 spiro atoms. The molecule has 0 aliphatic carbocycles. The zero-order valence-corrected chi connectivity index (χ0v) is 17.4. The summed E-state index contributed by atoms with van der Waals surface area (Å²) in [6.07, 6.45) is 4.59. The van der Waals surface area contributed by atoms with E-state index in [2.05, 4.69) is 15.3 Å². The number of aromatic nitrogens is 5. The van der Waals surface area contributed by atoms with Gasteiger partial charge in [-0.15, -0.1) is 5.10 Å². The lowest BCUT2D eigenvalue weighted by Gasteiger charge is -2.19. The Bertz CT molecular complexity index is 1190. The Morgan fingerprint density at radius 1 is 1.10 bits per heavy atom. The highest BCUT2D eigenvalue weighted by Crippen LogP contribution is 2.35. The van der Waals surface area contributed by atoms with E-state index < -0.39 is 11.7 Å². The normalized spacial score (nSPS) is 11.6. The van der Waals surface area contributed by atoms with Crippen LogP contribution >= 0.6 is 0 Å². The van der Waals surface area contributed by atoms with E-state index >= 15 is 0 Å². The first-order valence-electron chi connectivity index (χ1n) is 9.57. The Morgan fingerprint density at radius 3 is 2.57 bits per heavy atom. The van der Waals surface area contributed by atoms with Crippen LogP contribution in [0.4, 0.5) is 4.79 Å². The van der Waals surface area contributed by atoms with Crippen LogP contribution < -0.4 is 4.74 Å². The van der Waals surface area contributed by atoms with Gasteiger partial charge in [-0.05, 0) is 32.4 Å². The average molecular weight is 405 g/mol. The van der Waals surface area contributed by atoms with Gasteiger partial charge < -0.3 is 9.47 Å². The number of carbonyl (C=O) groups excluding carboxylic acids is 1. The van der Waals surface area contributed by atoms with Gasteiger partial charge in [0.1, 0.15) is 17.0 Å². The minimum absolute atomic E-state index is 0.441. The Balaban J connectivity index is 1.78. The summed E-state index contributed by atoms with van der Waals surface area (Å²) in [6, 6.07) is 11.8. The molecular formula is C22H23N5O3. The van der Waals surface area contributed by atoms with Gasteiger partial charge in [-0.3, -0.25) is 0 Å². The topological polar surface area (TPSA) is 84.1 Å². The number of methoxy groups -OCH3 is 1. The van der Waals surface area contributed by atoms with Crippen molar-refractivity contribution in [3.63, 3.8) is 0 Å². The van der Waals surface area contributed by atoms with Crippen molar-refractivity contribution < 1.29 is 14.3 Å². The van der Waals surface area contributed by atoms with Gasteiger partial charge in [0.2, 0.25) is 0 Å². The molecular weight excluding hydrogens is 382 g/mol. The van der Waals surface area contributed by atoms with E-state index in [1.807, 2.05) is 57.3 Å². The first-order valence-corrected chi connectivity index (χ1v) is 9.57. The molecule has 0 N–H and O–H groups in total. The maximum atomic E-state index is 12.8. The summed E-state index contributed by atoms with van der Waals surface area (Å²) in [5, 5.41) is 9.24. The van der Waals surface area contributed by atoms with Crippen LogP contribution in [0.5, 0.6) is 5.75 Å². The minimum atomic E-state index is -0.633. The van der Waals surface area contributed by atoms with Crippen LogP contribution in [0.2, 0.25) is 0 Å². The Labute approximate surface area is 174 Å². The van der Waals surface area contributed by atoms with E-state index in [1.54, 1.807) is 30.3 Å². The van der Waals surface area contributed by atoms with Crippen LogP contribution in [0.3, 0.4) is 0 Å². The number of rotatable bonds is 4. The highest BCUT2D eigenvalue weighted by molar-refractivity contribution is 6.01. The standard InChI is InChI=1S/C22H23N5O3/c1-22(2,3)30-21(28)27-13-16(19-18(29-4)10-11-23-20(19)27)17-14-26(25-24-17)12-15-8-6-5-7-9-15/h5-11,13-14H,12H2,1-4H3. The minimum Gasteiger partial charge on any atom is -0.496 e. The first kappa shape index (κ1) is 19.6. The molecule has 0 saturated heterocycles. The van der Waals surface area contributed by atoms with Gasteiger partial charge in [-0.25, -0.2) is 19.0 Å². The van der Waals surface area contributed by atoms with Crippen molar-refractivity contribution in [3.05, 3.63) is 60.6 Å². The molecule has 3 aromatic heterocycles. The molecule has 0 atom stereocenters. The number of ether oxygens (including phenoxy) is 2. The fourth-order valence-corrected chi connectivity index (χ4v) is 3.21. The van der Waals surface area contributed by atoms with E-state index in [-0.39, 0.29) is 0 Å². The molecule has 30 heavy (non-hydrogen) atoms. The third-order valence-electron chi connectivity index (χ3n) is 4.46. The zero-order valence-electron chi connectivity index (χ0n) is 17.4. The van der Waals surface area contributed by atoms with Gasteiger partial charge in [0.15, 0.2) is 5.65 Å². The van der Waals surface area contributed by atoms with Gasteiger partial charge >= 0.3 is 6.09 Å². The SMILES string of the molecule is COc1ccnc2c1c(-c1cn(Cc3ccccc3)nn1)cn2C(=O)OC(C)(C)C. The van der Waals surface area contributed by atoms with E-state index in [0.717, 1.165) is 5.56 Å². The Morgan fingerprint density at radius 2 is 1.87 bits per heavy atom. The number of carbonyl (C=O) groups is 1. The van der Waals surface area contributed by atoms with E-state index in [1.165, 1.54) is 4.57 Å². The van der Waals surface area contributed by atoms with Gasteiger partial charge in [0.25, 0.3) is 0 Å². The molecule has 3 heterocycles. The zero-order chi connectivity index (χ0) is 21.3. The summed E-state index contributed by atoms with van der Waals surface area (Å²) < 4.78 is 14.2. The molecule has 0 aliphatic heterocycles. The van der Waals surface area contributed by atoms with Gasteiger partial charge in [-0.1, -0.05) is 35.5 Å². The molecule has 0 aliphatic rings. The second-order valence-electron chi connectivity index (χ2n) is 7.89. The second-order valence-corrected chi connectivity index (χ2v) is 7.89. The van der Waals surface area contributed by atoms with Crippen LogP contribution in [0.15, 0.2) is 55.0 Å². The molecule has 0 fully saturated rings. The third kappa shape index (κ3) is 3.89. The van der Waals surface area contributed by atoms with Gasteiger partial charge in [-0.2, -0.15) is 0 Å². The largest absolute Gasteiger partial charge is 0.496 e. The van der Waals surface area contributed by atoms with Crippen LogP contribution in [-0.4, -0.2) is 43.3 Å². The van der Waals surface area contributed by atoms with Crippen LogP contribution in [-0.2, 0) is 11.3 Å². The lowest BCUT2D eigenvalue weighted by molar-refractivity contribution is 0.0544. The lowest BCUT2D eigenvalue weighted by atomic mass is 10.1. The van der Waals surface area contributed by atoms with E-state index in [9.17, 15) is 4.79 Å². The molecule has 0 amide bonds. The average Bonchev–Trinajstić information content (AvgIpc) is 3.32. The smallest absolute Gasteiger partial charge is 0.420 e. The monoisotopic (exact) mass is 405 g/mol. The van der Waals surface area contributed by atoms with Crippen LogP contribution in [0.1, 0.15) is 26.3 Å². The van der Waals surface area contributed by atoms with Crippen molar-refractivity contribution in [2.45, 2.75) is 32.9 Å². The maximum Gasteiger partial charge on any atom is 0.420 e. The fraction of sp³-hybridized carbons (Fsp3) is 0.273. The molecule has 0 saturated carbocycles. The lowest BCUT2D eigenvalue weighted by Crippen LogP contribution is -2.26. The van der Waals surface area contributed by atoms with Crippen molar-refractivity contribution in [2.24, 2.45) is 0 Å². The number of fused-ring (bicyclic) bond motifs is 1. The number of hydrogen-bond acceptors (Lipinski definition) is 6. The van der Waals surface area contributed by atoms with Crippen molar-refractivity contribution in [1.29, 1.82) is 0 Å². The summed E-state index contributed by atoms with van der Waals surface area (Å²) >= 11 is 0. The van der Waals surface area contributed by atoms with Gasteiger partial charge in [0.05, 0.1) is 25.2 Å². The highest BCUT2D eigenvalue weighted by atomic mass is 16.6. The molecule has 8 heteroatoms. The molecule has 0 radical (unpaired) electrons. The maximum absolute atomic E-state index is 12.8. The first-order chi connectivity index (χ1) is 14.4. The van der Waals surface area contributed by atoms with Crippen molar-refractivity contribution in [2.75, 3.05) is 7.11 Å². The molecule has 0 unspecified atom stereocenters. The van der Waals surface area contributed by atoms with E-state index in [4.69, 9.17) is 9.47 Å². The Kier molecular flexibility index (Phi) is 4.99. The number of hydrogen-bond donors (Lipinski definition) is 0. The fourth-order valence-electron chi connectivity index (χ4n) is 3.21. The summed E-state index contributed by atoms with van der Waals surface area (Å²) in [7, 11) is 1.58. The van der Waals surface area contributed by atoms with E-state index in [0.29, 0.717) is 34.6 Å². The second kappa shape index (κ2) is 7.62. The van der Waals surface area contributed by atoms with Crippen LogP contribution in [0, 0.1) is 0 Å². The Hall–Kier alpha value is -3.68. The molecule has 4 rings (SSSR count). The predicted octanol–water partition coefficient (Wildman–Crippen LogP) is 4.13. The predicted molar refractivity (Wildman–Crippen MR) is 112 cm³/mol. The summed E-state index contributed by atoms with van der Waals surface area (Å²) in [5.41, 5.74) is 2.23. The molecule has 154 valence electrons. The van der Waals surface area contributed by atoms with Crippen molar-refractivity contribution in [1.82, 2.24) is 24.5 Å². The molecule has 1 aromatic carbocycles. The number of benzene rings is 1. The van der Waals surface area contributed by atoms with Crippen molar-refractivity contribution in [3.8, 4) is 17.0 Å². The molecule has 0 bridgehead atoms. The quantitative estimate of drug-likeness (QED) is 0.507. The molecule has 4 aromatic rings. The summed E-state index contributed by atoms with van der Waals surface area (Å²) in [5.74, 6) is 0.593.